The first-order valence-electron chi connectivity index (χ1n) is 5.18. The lowest BCUT2D eigenvalue weighted by molar-refractivity contribution is 0.751. The van der Waals surface area contributed by atoms with Crippen molar-refractivity contribution in [1.29, 1.82) is 0 Å². The molecule has 1 nitrogen and oxygen atoms in total. The second-order valence-electron chi connectivity index (χ2n) is 3.88. The molecule has 14 heavy (non-hydrogen) atoms. The van der Waals surface area contributed by atoms with Crippen molar-refractivity contribution >= 4 is 0 Å². The van der Waals surface area contributed by atoms with Crippen LogP contribution in [0.4, 0.5) is 0 Å². The molecule has 0 aliphatic carbocycles. The Balaban J connectivity index is 2.06. The highest BCUT2D eigenvalue weighted by Gasteiger charge is 2.11. The third kappa shape index (κ3) is 1.17. The first-order valence-corrected chi connectivity index (χ1v) is 5.18. The van der Waals surface area contributed by atoms with Gasteiger partial charge in [0.2, 0.25) is 0 Å². The second-order valence-corrected chi connectivity index (χ2v) is 3.88. The number of hydrogen-bond donors (Lipinski definition) is 0. The van der Waals surface area contributed by atoms with Crippen molar-refractivity contribution in [2.24, 2.45) is 0 Å². The highest BCUT2D eigenvalue weighted by molar-refractivity contribution is 5.63. The van der Waals surface area contributed by atoms with Crippen molar-refractivity contribution in [3.8, 4) is 11.1 Å². The summed E-state index contributed by atoms with van der Waals surface area (Å²) in [6, 6.07) is 12.9. The third-order valence-electron chi connectivity index (χ3n) is 2.93. The summed E-state index contributed by atoms with van der Waals surface area (Å²) < 4.78 is 2.38. The van der Waals surface area contributed by atoms with Gasteiger partial charge in [0, 0.05) is 18.4 Å². The largest absolute Gasteiger partial charge is 0.351 e. The van der Waals surface area contributed by atoms with Gasteiger partial charge in [-0.15, -0.1) is 0 Å². The van der Waals surface area contributed by atoms with Crippen molar-refractivity contribution in [2.75, 3.05) is 0 Å². The zero-order valence-electron chi connectivity index (χ0n) is 8.11. The van der Waals surface area contributed by atoms with Crippen molar-refractivity contribution in [1.82, 2.24) is 4.57 Å². The Bertz CT molecular complexity index is 418. The number of rotatable bonds is 1. The molecule has 0 spiro atoms. The van der Waals surface area contributed by atoms with Crippen LogP contribution in [0, 0.1) is 0 Å². The Morgan fingerprint density at radius 2 is 1.86 bits per heavy atom. The quantitative estimate of drug-likeness (QED) is 0.640. The van der Waals surface area contributed by atoms with Gasteiger partial charge in [-0.25, -0.2) is 0 Å². The lowest BCUT2D eigenvalue weighted by atomic mass is 10.1. The SMILES string of the molecule is c1ccc(-c2cc3n(c2)CCC3)cc1. The molecule has 1 aromatic carbocycles. The van der Waals surface area contributed by atoms with Crippen LogP contribution in [0.1, 0.15) is 12.1 Å². The summed E-state index contributed by atoms with van der Waals surface area (Å²) in [5.74, 6) is 0. The fraction of sp³-hybridized carbons (Fsp3) is 0.231. The first kappa shape index (κ1) is 7.86. The van der Waals surface area contributed by atoms with E-state index in [0.717, 1.165) is 0 Å². The van der Waals surface area contributed by atoms with E-state index in [9.17, 15) is 0 Å². The van der Waals surface area contributed by atoms with E-state index in [-0.39, 0.29) is 0 Å². The maximum Gasteiger partial charge on any atom is 0.0226 e. The van der Waals surface area contributed by atoms with Crippen LogP contribution in [-0.4, -0.2) is 4.57 Å². The van der Waals surface area contributed by atoms with E-state index >= 15 is 0 Å². The third-order valence-corrected chi connectivity index (χ3v) is 2.93. The molecular weight excluding hydrogens is 170 g/mol. The van der Waals surface area contributed by atoms with Crippen molar-refractivity contribution < 1.29 is 0 Å². The second kappa shape index (κ2) is 3.02. The molecule has 1 aromatic heterocycles. The van der Waals surface area contributed by atoms with Crippen LogP contribution in [0.25, 0.3) is 11.1 Å². The molecule has 2 heterocycles. The molecular formula is C13H13N. The van der Waals surface area contributed by atoms with Gasteiger partial charge < -0.3 is 4.57 Å². The molecule has 0 saturated carbocycles. The zero-order chi connectivity index (χ0) is 9.38. The van der Waals surface area contributed by atoms with E-state index in [0.29, 0.717) is 0 Å². The molecule has 0 atom stereocenters. The average Bonchev–Trinajstić information content (AvgIpc) is 2.78. The number of nitrogens with zero attached hydrogens (tertiary/aromatic N) is 1. The highest BCUT2D eigenvalue weighted by Crippen LogP contribution is 2.25. The van der Waals surface area contributed by atoms with Crippen LogP contribution >= 0.6 is 0 Å². The van der Waals surface area contributed by atoms with E-state index in [1.807, 2.05) is 0 Å². The van der Waals surface area contributed by atoms with Crippen LogP contribution in [0.3, 0.4) is 0 Å². The number of aryl methyl sites for hydroxylation is 2. The van der Waals surface area contributed by atoms with E-state index in [1.165, 1.54) is 36.2 Å². The highest BCUT2D eigenvalue weighted by atomic mass is 15.0. The summed E-state index contributed by atoms with van der Waals surface area (Å²) in [6.07, 6.45) is 4.83. The van der Waals surface area contributed by atoms with Crippen LogP contribution in [-0.2, 0) is 13.0 Å². The van der Waals surface area contributed by atoms with Crippen LogP contribution in [0.2, 0.25) is 0 Å². The number of fused-ring (bicyclic) bond motifs is 1. The standard InChI is InChI=1S/C13H13N/c1-2-5-11(6-3-1)12-9-13-7-4-8-14(13)10-12/h1-3,5-6,9-10H,4,7-8H2. The Morgan fingerprint density at radius 3 is 2.64 bits per heavy atom. The normalized spacial score (nSPS) is 14.3. The summed E-state index contributed by atoms with van der Waals surface area (Å²) in [4.78, 5) is 0. The van der Waals surface area contributed by atoms with Crippen LogP contribution < -0.4 is 0 Å². The van der Waals surface area contributed by atoms with E-state index in [4.69, 9.17) is 0 Å². The fourth-order valence-corrected chi connectivity index (χ4v) is 2.19. The van der Waals surface area contributed by atoms with Gasteiger partial charge >= 0.3 is 0 Å². The Labute approximate surface area is 84.0 Å². The fourth-order valence-electron chi connectivity index (χ4n) is 2.19. The lowest BCUT2D eigenvalue weighted by Crippen LogP contribution is -1.86. The molecule has 0 saturated heterocycles. The molecule has 0 radical (unpaired) electrons. The maximum absolute atomic E-state index is 2.38. The Kier molecular flexibility index (Phi) is 1.69. The number of benzene rings is 1. The summed E-state index contributed by atoms with van der Waals surface area (Å²) in [6.45, 7) is 1.20. The van der Waals surface area contributed by atoms with Gasteiger partial charge in [0.05, 0.1) is 0 Å². The van der Waals surface area contributed by atoms with Gasteiger partial charge in [-0.05, 0) is 30.0 Å². The molecule has 1 aliphatic rings. The van der Waals surface area contributed by atoms with Gasteiger partial charge in [0.25, 0.3) is 0 Å². The summed E-state index contributed by atoms with van der Waals surface area (Å²) >= 11 is 0. The number of aromatic nitrogens is 1. The number of hydrogen-bond acceptors (Lipinski definition) is 0. The van der Waals surface area contributed by atoms with Crippen LogP contribution in [0.15, 0.2) is 42.6 Å². The van der Waals surface area contributed by atoms with Gasteiger partial charge in [-0.2, -0.15) is 0 Å². The minimum absolute atomic E-state index is 1.20. The van der Waals surface area contributed by atoms with E-state index in [1.54, 1.807) is 0 Å². The Morgan fingerprint density at radius 1 is 1.00 bits per heavy atom. The van der Waals surface area contributed by atoms with Crippen molar-refractivity contribution in [3.63, 3.8) is 0 Å². The maximum atomic E-state index is 2.38. The van der Waals surface area contributed by atoms with Gasteiger partial charge in [-0.3, -0.25) is 0 Å². The van der Waals surface area contributed by atoms with Gasteiger partial charge in [-0.1, -0.05) is 30.3 Å². The van der Waals surface area contributed by atoms with Crippen molar-refractivity contribution in [3.05, 3.63) is 48.3 Å². The van der Waals surface area contributed by atoms with Gasteiger partial charge in [0.15, 0.2) is 0 Å². The summed E-state index contributed by atoms with van der Waals surface area (Å²) in [5, 5.41) is 0. The molecule has 70 valence electrons. The predicted molar refractivity (Wildman–Crippen MR) is 58.2 cm³/mol. The van der Waals surface area contributed by atoms with Gasteiger partial charge in [0.1, 0.15) is 0 Å². The minimum atomic E-state index is 1.20. The first-order chi connectivity index (χ1) is 6.93. The smallest absolute Gasteiger partial charge is 0.0226 e. The molecule has 1 aliphatic heterocycles. The monoisotopic (exact) mass is 183 g/mol. The molecule has 0 unspecified atom stereocenters. The topological polar surface area (TPSA) is 4.93 Å². The molecule has 0 fully saturated rings. The zero-order valence-corrected chi connectivity index (χ0v) is 8.11. The average molecular weight is 183 g/mol. The summed E-state index contributed by atoms with van der Waals surface area (Å²) in [5.41, 5.74) is 4.18. The van der Waals surface area contributed by atoms with E-state index in [2.05, 4.69) is 47.2 Å². The minimum Gasteiger partial charge on any atom is -0.351 e. The van der Waals surface area contributed by atoms with Crippen molar-refractivity contribution in [2.45, 2.75) is 19.4 Å². The molecule has 0 N–H and O–H groups in total. The molecule has 0 bridgehead atoms. The Hall–Kier alpha value is -1.50. The van der Waals surface area contributed by atoms with Crippen LogP contribution in [0.5, 0.6) is 0 Å². The summed E-state index contributed by atoms with van der Waals surface area (Å²) in [7, 11) is 0. The molecule has 2 aromatic rings. The predicted octanol–water partition coefficient (Wildman–Crippen LogP) is 3.10. The van der Waals surface area contributed by atoms with E-state index < -0.39 is 0 Å². The molecule has 3 rings (SSSR count). The lowest BCUT2D eigenvalue weighted by Gasteiger charge is -1.96. The molecule has 1 heteroatoms. The molecule has 0 amide bonds.